The molecule has 2 aromatic heterocycles. The number of H-pyrrole nitrogens is 1. The highest BCUT2D eigenvalue weighted by atomic mass is 19.1. The van der Waals surface area contributed by atoms with E-state index in [0.29, 0.717) is 35.4 Å². The SMILES string of the molecule is Cc1cc(C[C@@H]2CN(C(=O)c3[nH]c4ccc(F)cc4c3C)C[C@H]2O)on1. The zero-order chi connectivity index (χ0) is 18.4. The first-order valence-corrected chi connectivity index (χ1v) is 8.59. The first kappa shape index (κ1) is 16.8. The third-order valence-electron chi connectivity index (χ3n) is 5.07. The lowest BCUT2D eigenvalue weighted by Crippen LogP contribution is -2.30. The van der Waals surface area contributed by atoms with E-state index in [4.69, 9.17) is 4.52 Å². The van der Waals surface area contributed by atoms with Gasteiger partial charge >= 0.3 is 0 Å². The van der Waals surface area contributed by atoms with Crippen LogP contribution >= 0.6 is 0 Å². The summed E-state index contributed by atoms with van der Waals surface area (Å²) in [6.45, 7) is 4.34. The Morgan fingerprint density at radius 3 is 2.92 bits per heavy atom. The number of carbonyl (C=O) groups excluding carboxylic acids is 1. The Kier molecular flexibility index (Phi) is 4.03. The van der Waals surface area contributed by atoms with E-state index in [1.807, 2.05) is 13.0 Å². The van der Waals surface area contributed by atoms with Crippen LogP contribution in [0.1, 0.15) is 27.5 Å². The van der Waals surface area contributed by atoms with E-state index in [2.05, 4.69) is 10.1 Å². The number of amides is 1. The van der Waals surface area contributed by atoms with Crippen LogP contribution in [0, 0.1) is 25.6 Å². The van der Waals surface area contributed by atoms with Crippen molar-refractivity contribution < 1.29 is 18.8 Å². The zero-order valence-corrected chi connectivity index (χ0v) is 14.6. The first-order valence-electron chi connectivity index (χ1n) is 8.59. The van der Waals surface area contributed by atoms with Gasteiger partial charge in [0.25, 0.3) is 5.91 Å². The van der Waals surface area contributed by atoms with Crippen molar-refractivity contribution in [2.24, 2.45) is 5.92 Å². The molecule has 1 aliphatic heterocycles. The molecular weight excluding hydrogens is 337 g/mol. The van der Waals surface area contributed by atoms with Crippen LogP contribution in [0.4, 0.5) is 4.39 Å². The van der Waals surface area contributed by atoms with Crippen molar-refractivity contribution in [3.8, 4) is 0 Å². The van der Waals surface area contributed by atoms with E-state index >= 15 is 0 Å². The lowest BCUT2D eigenvalue weighted by atomic mass is 10.0. The number of β-amino-alcohol motifs (C(OH)–C–C–N with tert-alkyl or cyclic N) is 1. The number of nitrogens with zero attached hydrogens (tertiary/aromatic N) is 2. The molecular formula is C19H20FN3O3. The largest absolute Gasteiger partial charge is 0.391 e. The fourth-order valence-corrected chi connectivity index (χ4v) is 3.66. The number of aryl methyl sites for hydroxylation is 2. The number of fused-ring (bicyclic) bond motifs is 1. The summed E-state index contributed by atoms with van der Waals surface area (Å²) in [5.41, 5.74) is 2.67. The van der Waals surface area contributed by atoms with E-state index in [0.717, 1.165) is 11.2 Å². The highest BCUT2D eigenvalue weighted by Crippen LogP contribution is 2.27. The molecule has 1 fully saturated rings. The van der Waals surface area contributed by atoms with Crippen molar-refractivity contribution in [3.63, 3.8) is 0 Å². The lowest BCUT2D eigenvalue weighted by Gasteiger charge is -2.15. The maximum Gasteiger partial charge on any atom is 0.270 e. The molecule has 0 aliphatic carbocycles. The van der Waals surface area contributed by atoms with E-state index in [1.165, 1.54) is 12.1 Å². The van der Waals surface area contributed by atoms with Crippen molar-refractivity contribution in [3.05, 3.63) is 52.8 Å². The topological polar surface area (TPSA) is 82.4 Å². The van der Waals surface area contributed by atoms with Gasteiger partial charge in [0.05, 0.1) is 11.8 Å². The molecule has 26 heavy (non-hydrogen) atoms. The zero-order valence-electron chi connectivity index (χ0n) is 14.6. The van der Waals surface area contributed by atoms with Crippen LogP contribution in [0.15, 0.2) is 28.8 Å². The number of aromatic amines is 1. The Hall–Kier alpha value is -2.67. The Morgan fingerprint density at radius 1 is 1.38 bits per heavy atom. The quantitative estimate of drug-likeness (QED) is 0.755. The number of hydrogen-bond donors (Lipinski definition) is 2. The fraction of sp³-hybridized carbons (Fsp3) is 0.368. The van der Waals surface area contributed by atoms with E-state index < -0.39 is 6.10 Å². The van der Waals surface area contributed by atoms with Crippen LogP contribution in [-0.2, 0) is 6.42 Å². The summed E-state index contributed by atoms with van der Waals surface area (Å²) in [5.74, 6) is 0.0820. The van der Waals surface area contributed by atoms with Crippen LogP contribution < -0.4 is 0 Å². The Morgan fingerprint density at radius 2 is 2.19 bits per heavy atom. The van der Waals surface area contributed by atoms with Gasteiger partial charge in [-0.15, -0.1) is 0 Å². The number of nitrogens with one attached hydrogen (secondary N) is 1. The van der Waals surface area contributed by atoms with Gasteiger partial charge in [-0.2, -0.15) is 0 Å². The summed E-state index contributed by atoms with van der Waals surface area (Å²) in [6.07, 6.45) is -0.0886. The smallest absolute Gasteiger partial charge is 0.270 e. The minimum atomic E-state index is -0.619. The molecule has 2 atom stereocenters. The van der Waals surface area contributed by atoms with Crippen molar-refractivity contribution >= 4 is 16.8 Å². The van der Waals surface area contributed by atoms with Gasteiger partial charge in [0, 0.05) is 42.4 Å². The molecule has 0 bridgehead atoms. The summed E-state index contributed by atoms with van der Waals surface area (Å²) in [4.78, 5) is 17.6. The number of likely N-dealkylation sites (tertiary alicyclic amines) is 1. The van der Waals surface area contributed by atoms with Crippen LogP contribution in [-0.4, -0.2) is 45.2 Å². The highest BCUT2D eigenvalue weighted by molar-refractivity contribution is 6.01. The first-order chi connectivity index (χ1) is 12.4. The average molecular weight is 357 g/mol. The van der Waals surface area contributed by atoms with Gasteiger partial charge in [-0.1, -0.05) is 5.16 Å². The van der Waals surface area contributed by atoms with Crippen LogP contribution in [0.25, 0.3) is 10.9 Å². The van der Waals surface area contributed by atoms with Gasteiger partial charge in [0.1, 0.15) is 17.3 Å². The Labute approximate surface area is 149 Å². The second-order valence-corrected chi connectivity index (χ2v) is 6.99. The van der Waals surface area contributed by atoms with Crippen molar-refractivity contribution in [1.82, 2.24) is 15.0 Å². The van der Waals surface area contributed by atoms with Crippen LogP contribution in [0.5, 0.6) is 0 Å². The van der Waals surface area contributed by atoms with E-state index in [-0.39, 0.29) is 24.2 Å². The van der Waals surface area contributed by atoms with E-state index in [9.17, 15) is 14.3 Å². The normalized spacial score (nSPS) is 20.2. The third kappa shape index (κ3) is 2.88. The third-order valence-corrected chi connectivity index (χ3v) is 5.07. The minimum Gasteiger partial charge on any atom is -0.391 e. The molecule has 4 rings (SSSR count). The lowest BCUT2D eigenvalue weighted by molar-refractivity contribution is 0.0759. The predicted octanol–water partition coefficient (Wildman–Crippen LogP) is 2.59. The number of benzene rings is 1. The maximum atomic E-state index is 13.5. The molecule has 0 unspecified atom stereocenters. The van der Waals surface area contributed by atoms with Gasteiger partial charge < -0.3 is 19.5 Å². The van der Waals surface area contributed by atoms with Gasteiger partial charge in [-0.25, -0.2) is 4.39 Å². The average Bonchev–Trinajstić information content (AvgIpc) is 3.27. The molecule has 136 valence electrons. The molecule has 1 amide bonds. The highest BCUT2D eigenvalue weighted by Gasteiger charge is 2.36. The van der Waals surface area contributed by atoms with Gasteiger partial charge in [0.2, 0.25) is 0 Å². The fourth-order valence-electron chi connectivity index (χ4n) is 3.66. The summed E-state index contributed by atoms with van der Waals surface area (Å²) in [6, 6.07) is 6.25. The molecule has 2 N–H and O–H groups in total. The molecule has 3 heterocycles. The molecule has 1 aliphatic rings. The number of rotatable bonds is 3. The predicted molar refractivity (Wildman–Crippen MR) is 93.3 cm³/mol. The standard InChI is InChI=1S/C19H20FN3O3/c1-10-5-14(26-22-10)6-12-8-23(9-17(12)24)19(25)18-11(2)15-7-13(20)3-4-16(15)21-18/h3-5,7,12,17,21,24H,6,8-9H2,1-2H3/t12-,17-/m1/s1. The number of aliphatic hydroxyl groups excluding tert-OH is 1. The molecule has 0 saturated carbocycles. The van der Waals surface area contributed by atoms with Gasteiger partial charge in [-0.3, -0.25) is 4.79 Å². The minimum absolute atomic E-state index is 0.103. The van der Waals surface area contributed by atoms with Crippen LogP contribution in [0.3, 0.4) is 0 Å². The Balaban J connectivity index is 1.54. The molecule has 1 aromatic carbocycles. The summed E-state index contributed by atoms with van der Waals surface area (Å²) < 4.78 is 18.7. The molecule has 6 nitrogen and oxygen atoms in total. The number of aliphatic hydroxyl groups is 1. The number of aromatic nitrogens is 2. The van der Waals surface area contributed by atoms with E-state index in [1.54, 1.807) is 17.9 Å². The Bertz CT molecular complexity index is 978. The maximum absolute atomic E-state index is 13.5. The van der Waals surface area contributed by atoms with Gasteiger partial charge in [0.15, 0.2) is 0 Å². The molecule has 1 saturated heterocycles. The van der Waals surface area contributed by atoms with Crippen molar-refractivity contribution in [2.45, 2.75) is 26.4 Å². The van der Waals surface area contributed by atoms with Crippen molar-refractivity contribution in [2.75, 3.05) is 13.1 Å². The molecule has 0 spiro atoms. The molecule has 7 heteroatoms. The molecule has 3 aromatic rings. The number of carbonyl (C=O) groups is 1. The van der Waals surface area contributed by atoms with Gasteiger partial charge in [-0.05, 0) is 37.6 Å². The van der Waals surface area contributed by atoms with Crippen LogP contribution in [0.2, 0.25) is 0 Å². The van der Waals surface area contributed by atoms with Crippen molar-refractivity contribution in [1.29, 1.82) is 0 Å². The number of halogens is 1. The second kappa shape index (κ2) is 6.25. The monoisotopic (exact) mass is 357 g/mol. The summed E-state index contributed by atoms with van der Waals surface area (Å²) >= 11 is 0. The second-order valence-electron chi connectivity index (χ2n) is 6.99. The molecule has 0 radical (unpaired) electrons. The number of hydrogen-bond acceptors (Lipinski definition) is 4. The summed E-state index contributed by atoms with van der Waals surface area (Å²) in [5, 5.41) is 14.9. The summed E-state index contributed by atoms with van der Waals surface area (Å²) in [7, 11) is 0.